The van der Waals surface area contributed by atoms with Crippen LogP contribution in [0.15, 0.2) is 72.9 Å². The fourth-order valence-corrected chi connectivity index (χ4v) is 3.30. The summed E-state index contributed by atoms with van der Waals surface area (Å²) in [7, 11) is 0. The number of amides is 1. The zero-order valence-electron chi connectivity index (χ0n) is 16.7. The highest BCUT2D eigenvalue weighted by Crippen LogP contribution is 2.31. The van der Waals surface area contributed by atoms with Gasteiger partial charge in [0.25, 0.3) is 5.91 Å². The summed E-state index contributed by atoms with van der Waals surface area (Å²) in [5.41, 5.74) is 16.5. The first-order valence-corrected chi connectivity index (χ1v) is 9.73. The van der Waals surface area contributed by atoms with Crippen molar-refractivity contribution in [1.29, 1.82) is 0 Å². The average molecular weight is 389 g/mol. The largest absolute Gasteiger partial charge is 0.491 e. The van der Waals surface area contributed by atoms with Gasteiger partial charge in [-0.2, -0.15) is 0 Å². The molecule has 1 aliphatic heterocycles. The molecule has 150 valence electrons. The van der Waals surface area contributed by atoms with Crippen molar-refractivity contribution in [2.45, 2.75) is 19.9 Å². The van der Waals surface area contributed by atoms with E-state index in [1.807, 2.05) is 42.2 Å². The lowest BCUT2D eigenvalue weighted by Gasteiger charge is -2.20. The third-order valence-corrected chi connectivity index (χ3v) is 4.83. The predicted octanol–water partition coefficient (Wildman–Crippen LogP) is 4.32. The maximum absolute atomic E-state index is 13.1. The fourth-order valence-electron chi connectivity index (χ4n) is 3.30. The number of carbonyl (C=O) groups is 1. The lowest BCUT2D eigenvalue weighted by Crippen LogP contribution is -2.33. The minimum atomic E-state index is -0.0106. The van der Waals surface area contributed by atoms with Crippen molar-refractivity contribution in [3.8, 4) is 16.9 Å². The predicted molar refractivity (Wildman–Crippen MR) is 119 cm³/mol. The number of fused-ring (bicyclic) bond motifs is 1. The molecule has 1 heterocycles. The summed E-state index contributed by atoms with van der Waals surface area (Å²) < 4.78 is 5.89. The van der Waals surface area contributed by atoms with Crippen LogP contribution in [0.1, 0.15) is 18.9 Å². The first-order chi connectivity index (χ1) is 14.0. The van der Waals surface area contributed by atoms with Crippen LogP contribution in [0.4, 0.5) is 11.4 Å². The smallest absolute Gasteiger partial charge is 0.253 e. The van der Waals surface area contributed by atoms with Gasteiger partial charge >= 0.3 is 0 Å². The molecule has 0 unspecified atom stereocenters. The van der Waals surface area contributed by atoms with Gasteiger partial charge in [-0.25, -0.2) is 0 Å². The Labute approximate surface area is 172 Å². The van der Waals surface area contributed by atoms with Gasteiger partial charge in [-0.1, -0.05) is 43.9 Å². The topological polar surface area (TPSA) is 81.6 Å². The van der Waals surface area contributed by atoms with Crippen molar-refractivity contribution in [2.75, 3.05) is 24.6 Å². The summed E-state index contributed by atoms with van der Waals surface area (Å²) >= 11 is 0. The Morgan fingerprint density at radius 3 is 2.66 bits per heavy atom. The van der Waals surface area contributed by atoms with E-state index in [1.165, 1.54) is 0 Å². The number of rotatable bonds is 5. The minimum absolute atomic E-state index is 0.0106. The number of nitrogens with zero attached hydrogens (tertiary/aromatic N) is 1. The average Bonchev–Trinajstić information content (AvgIpc) is 2.94. The molecule has 0 bridgehead atoms. The Balaban J connectivity index is 1.90. The standard InChI is InChI=1S/C24H27N3O2/c1-3-5-7-17(6-4-2)24(28)27-12-13-29-23-11-9-18(14-20(23)16-27)19-8-10-21(25)22(26)15-19/h3,5-11,14-15H,1,4,12-13,16,25-26H2,2H3. The van der Waals surface area contributed by atoms with Crippen LogP contribution in [0, 0.1) is 0 Å². The lowest BCUT2D eigenvalue weighted by atomic mass is 10.0. The van der Waals surface area contributed by atoms with Crippen molar-refractivity contribution >= 4 is 17.3 Å². The highest BCUT2D eigenvalue weighted by atomic mass is 16.5. The zero-order valence-corrected chi connectivity index (χ0v) is 16.7. The number of benzene rings is 2. The first kappa shape index (κ1) is 20.3. The van der Waals surface area contributed by atoms with Crippen molar-refractivity contribution in [3.05, 3.63) is 78.4 Å². The second-order valence-corrected chi connectivity index (χ2v) is 6.90. The number of hydrogen-bond donors (Lipinski definition) is 2. The Bertz CT molecular complexity index is 976. The van der Waals surface area contributed by atoms with Crippen LogP contribution in [-0.2, 0) is 11.3 Å². The third-order valence-electron chi connectivity index (χ3n) is 4.83. The molecule has 0 atom stereocenters. The molecule has 29 heavy (non-hydrogen) atoms. The molecule has 0 saturated heterocycles. The molecule has 0 fully saturated rings. The molecule has 5 nitrogen and oxygen atoms in total. The summed E-state index contributed by atoms with van der Waals surface area (Å²) in [6.45, 7) is 7.16. The number of allylic oxidation sites excluding steroid dienone is 3. The molecule has 0 spiro atoms. The van der Waals surface area contributed by atoms with E-state index >= 15 is 0 Å². The molecule has 3 rings (SSSR count). The Kier molecular flexibility index (Phi) is 6.39. The van der Waals surface area contributed by atoms with E-state index in [4.69, 9.17) is 16.2 Å². The molecule has 5 heteroatoms. The normalized spacial score (nSPS) is 14.2. The van der Waals surface area contributed by atoms with E-state index in [9.17, 15) is 4.79 Å². The molecule has 0 saturated carbocycles. The third kappa shape index (κ3) is 4.69. The number of nitrogens with two attached hydrogens (primary N) is 2. The van der Waals surface area contributed by atoms with Gasteiger partial charge in [0.2, 0.25) is 0 Å². The summed E-state index contributed by atoms with van der Waals surface area (Å²) in [6, 6.07) is 11.6. The van der Waals surface area contributed by atoms with Gasteiger partial charge in [-0.05, 0) is 47.9 Å². The van der Waals surface area contributed by atoms with Gasteiger partial charge in [0, 0.05) is 17.7 Å². The quantitative estimate of drug-likeness (QED) is 0.453. The maximum Gasteiger partial charge on any atom is 0.253 e. The minimum Gasteiger partial charge on any atom is -0.491 e. The van der Waals surface area contributed by atoms with Crippen molar-refractivity contribution < 1.29 is 9.53 Å². The number of hydrogen-bond acceptors (Lipinski definition) is 4. The van der Waals surface area contributed by atoms with E-state index < -0.39 is 0 Å². The second kappa shape index (κ2) is 9.15. The molecular formula is C24H27N3O2. The van der Waals surface area contributed by atoms with Crippen LogP contribution in [0.2, 0.25) is 0 Å². The summed E-state index contributed by atoms with van der Waals surface area (Å²) in [6.07, 6.45) is 7.97. The summed E-state index contributed by atoms with van der Waals surface area (Å²) in [4.78, 5) is 14.9. The van der Waals surface area contributed by atoms with E-state index in [0.717, 1.165) is 28.9 Å². The van der Waals surface area contributed by atoms with Crippen LogP contribution >= 0.6 is 0 Å². The van der Waals surface area contributed by atoms with Gasteiger partial charge in [0.1, 0.15) is 12.4 Å². The Morgan fingerprint density at radius 1 is 1.17 bits per heavy atom. The molecule has 1 amide bonds. The highest BCUT2D eigenvalue weighted by Gasteiger charge is 2.22. The molecule has 0 aromatic heterocycles. The van der Waals surface area contributed by atoms with E-state index in [-0.39, 0.29) is 5.91 Å². The number of ether oxygens (including phenoxy) is 1. The highest BCUT2D eigenvalue weighted by molar-refractivity contribution is 5.96. The molecule has 0 aliphatic carbocycles. The van der Waals surface area contributed by atoms with Crippen LogP contribution < -0.4 is 16.2 Å². The van der Waals surface area contributed by atoms with Crippen LogP contribution in [-0.4, -0.2) is 24.0 Å². The SMILES string of the molecule is C=CC=CC(=CCC)C(=O)N1CCOc2ccc(-c3ccc(N)c(N)c3)cc2C1. The zero-order chi connectivity index (χ0) is 20.8. The van der Waals surface area contributed by atoms with Crippen LogP contribution in [0.25, 0.3) is 11.1 Å². The summed E-state index contributed by atoms with van der Waals surface area (Å²) in [5.74, 6) is 0.790. The molecule has 2 aromatic carbocycles. The second-order valence-electron chi connectivity index (χ2n) is 6.90. The van der Waals surface area contributed by atoms with Crippen LogP contribution in [0.3, 0.4) is 0 Å². The maximum atomic E-state index is 13.1. The number of nitrogen functional groups attached to an aromatic ring is 2. The van der Waals surface area contributed by atoms with E-state index in [0.29, 0.717) is 36.6 Å². The van der Waals surface area contributed by atoms with E-state index in [1.54, 1.807) is 24.3 Å². The van der Waals surface area contributed by atoms with Gasteiger partial charge in [-0.15, -0.1) is 0 Å². The molecule has 2 aromatic rings. The van der Waals surface area contributed by atoms with E-state index in [2.05, 4.69) is 12.6 Å². The Morgan fingerprint density at radius 2 is 1.93 bits per heavy atom. The monoisotopic (exact) mass is 389 g/mol. The van der Waals surface area contributed by atoms with Crippen molar-refractivity contribution in [3.63, 3.8) is 0 Å². The molecule has 0 radical (unpaired) electrons. The van der Waals surface area contributed by atoms with Crippen LogP contribution in [0.5, 0.6) is 5.75 Å². The molecule has 4 N–H and O–H groups in total. The number of anilines is 2. The molecular weight excluding hydrogens is 362 g/mol. The van der Waals surface area contributed by atoms with Gasteiger partial charge in [0.05, 0.1) is 17.9 Å². The van der Waals surface area contributed by atoms with Gasteiger partial charge < -0.3 is 21.1 Å². The first-order valence-electron chi connectivity index (χ1n) is 9.73. The number of carbonyl (C=O) groups excluding carboxylic acids is 1. The summed E-state index contributed by atoms with van der Waals surface area (Å²) in [5, 5.41) is 0. The molecule has 1 aliphatic rings. The fraction of sp³-hybridized carbons (Fsp3) is 0.208. The van der Waals surface area contributed by atoms with Gasteiger partial charge in [-0.3, -0.25) is 4.79 Å². The van der Waals surface area contributed by atoms with Crippen molar-refractivity contribution in [1.82, 2.24) is 4.90 Å². The Hall–Kier alpha value is -3.47. The van der Waals surface area contributed by atoms with Gasteiger partial charge in [0.15, 0.2) is 0 Å². The van der Waals surface area contributed by atoms with Crippen molar-refractivity contribution in [2.24, 2.45) is 0 Å². The lowest BCUT2D eigenvalue weighted by molar-refractivity contribution is -0.127.